The van der Waals surface area contributed by atoms with Gasteiger partial charge in [0.05, 0.1) is 6.10 Å². The van der Waals surface area contributed by atoms with E-state index in [1.165, 1.54) is 0 Å². The highest BCUT2D eigenvalue weighted by atomic mass is 19.4. The van der Waals surface area contributed by atoms with Crippen LogP contribution in [0.4, 0.5) is 17.6 Å². The molecule has 0 amide bonds. The Kier molecular flexibility index (Phi) is 2.55. The van der Waals surface area contributed by atoms with E-state index in [9.17, 15) is 17.6 Å². The number of aliphatic hydroxyl groups excluding tert-OH is 1. The molecule has 1 saturated carbocycles. The summed E-state index contributed by atoms with van der Waals surface area (Å²) in [5, 5.41) is 8.84. The fourth-order valence-electron chi connectivity index (χ4n) is 1.70. The summed E-state index contributed by atoms with van der Waals surface area (Å²) in [6.45, 7) is -0.384. The van der Waals surface area contributed by atoms with Gasteiger partial charge in [0.1, 0.15) is 0 Å². The molecule has 0 heterocycles. The van der Waals surface area contributed by atoms with Gasteiger partial charge >= 0.3 is 6.18 Å². The molecule has 0 aromatic carbocycles. The number of hydrogen-bond acceptors (Lipinski definition) is 2. The van der Waals surface area contributed by atoms with Crippen molar-refractivity contribution in [3.63, 3.8) is 0 Å². The maximum Gasteiger partial charge on any atom is 0.420 e. The third-order valence-corrected chi connectivity index (χ3v) is 2.52. The van der Waals surface area contributed by atoms with Crippen molar-refractivity contribution >= 4 is 0 Å². The molecule has 2 nitrogen and oxygen atoms in total. The van der Waals surface area contributed by atoms with Crippen LogP contribution in [-0.4, -0.2) is 30.1 Å². The molecule has 3 N–H and O–H groups in total. The molecule has 1 rings (SSSR count). The Labute approximate surface area is 72.7 Å². The van der Waals surface area contributed by atoms with Gasteiger partial charge < -0.3 is 10.8 Å². The molecule has 1 unspecified atom stereocenters. The van der Waals surface area contributed by atoms with Gasteiger partial charge in [-0.3, -0.25) is 0 Å². The summed E-state index contributed by atoms with van der Waals surface area (Å²) in [6.07, 6.45) is -9.05. The van der Waals surface area contributed by atoms with Crippen LogP contribution in [0.2, 0.25) is 0 Å². The van der Waals surface area contributed by atoms with Crippen molar-refractivity contribution in [2.45, 2.75) is 31.3 Å². The predicted molar refractivity (Wildman–Crippen MR) is 37.7 cm³/mol. The average Bonchev–Trinajstić information content (AvgIpc) is 1.95. The second-order valence-electron chi connectivity index (χ2n) is 3.53. The van der Waals surface area contributed by atoms with Crippen LogP contribution >= 0.6 is 0 Å². The number of rotatable bonds is 2. The first-order chi connectivity index (χ1) is 5.82. The lowest BCUT2D eigenvalue weighted by Gasteiger charge is -2.46. The van der Waals surface area contributed by atoms with Gasteiger partial charge in [-0.05, 0) is 12.8 Å². The quantitative estimate of drug-likeness (QED) is 0.654. The maximum absolute atomic E-state index is 12.9. The number of aliphatic hydroxyl groups is 1. The van der Waals surface area contributed by atoms with E-state index in [0.717, 1.165) is 0 Å². The van der Waals surface area contributed by atoms with Gasteiger partial charge in [0.2, 0.25) is 6.17 Å². The van der Waals surface area contributed by atoms with Crippen molar-refractivity contribution < 1.29 is 22.7 Å². The van der Waals surface area contributed by atoms with Crippen molar-refractivity contribution in [1.82, 2.24) is 0 Å². The summed E-state index contributed by atoms with van der Waals surface area (Å²) < 4.78 is 48.8. The van der Waals surface area contributed by atoms with Crippen molar-refractivity contribution in [2.24, 2.45) is 11.1 Å². The Morgan fingerprint density at radius 2 is 1.92 bits per heavy atom. The second-order valence-corrected chi connectivity index (χ2v) is 3.53. The standard InChI is InChI=1S/C7H11F4NO/c8-5(7(9,10)11)6(3-12)1-4(13)2-6/h4-5,13H,1-3,12H2. The van der Waals surface area contributed by atoms with E-state index in [1.54, 1.807) is 0 Å². The van der Waals surface area contributed by atoms with E-state index >= 15 is 0 Å². The molecule has 0 radical (unpaired) electrons. The SMILES string of the molecule is NCC1(C(F)C(F)(F)F)CC(O)C1. The normalized spacial score (nSPS) is 36.9. The maximum atomic E-state index is 12.9. The first-order valence-electron chi connectivity index (χ1n) is 3.91. The third kappa shape index (κ3) is 1.78. The monoisotopic (exact) mass is 201 g/mol. The molecule has 1 fully saturated rings. The molecular formula is C7H11F4NO. The zero-order chi connectivity index (χ0) is 10.3. The van der Waals surface area contributed by atoms with E-state index in [-0.39, 0.29) is 19.4 Å². The fraction of sp³-hybridized carbons (Fsp3) is 1.00. The van der Waals surface area contributed by atoms with Gasteiger partial charge in [-0.1, -0.05) is 0 Å². The van der Waals surface area contributed by atoms with Gasteiger partial charge in [0, 0.05) is 12.0 Å². The molecule has 6 heteroatoms. The van der Waals surface area contributed by atoms with Crippen LogP contribution < -0.4 is 5.73 Å². The molecule has 0 aromatic heterocycles. The van der Waals surface area contributed by atoms with Gasteiger partial charge in [0.15, 0.2) is 0 Å². The van der Waals surface area contributed by atoms with Crippen LogP contribution in [0, 0.1) is 5.41 Å². The average molecular weight is 201 g/mol. The van der Waals surface area contributed by atoms with Crippen LogP contribution in [0.15, 0.2) is 0 Å². The molecule has 1 aliphatic rings. The fourth-order valence-corrected chi connectivity index (χ4v) is 1.70. The summed E-state index contributed by atoms with van der Waals surface area (Å²) in [5.41, 5.74) is 3.49. The summed E-state index contributed by atoms with van der Waals surface area (Å²) in [7, 11) is 0. The van der Waals surface area contributed by atoms with E-state index in [4.69, 9.17) is 10.8 Å². The lowest BCUT2D eigenvalue weighted by atomic mass is 9.63. The smallest absolute Gasteiger partial charge is 0.393 e. The van der Waals surface area contributed by atoms with Crippen LogP contribution in [0.5, 0.6) is 0 Å². The Morgan fingerprint density at radius 3 is 2.15 bits per heavy atom. The topological polar surface area (TPSA) is 46.2 Å². The summed E-state index contributed by atoms with van der Waals surface area (Å²) in [4.78, 5) is 0. The summed E-state index contributed by atoms with van der Waals surface area (Å²) in [6, 6.07) is 0. The van der Waals surface area contributed by atoms with Crippen LogP contribution in [-0.2, 0) is 0 Å². The zero-order valence-corrected chi connectivity index (χ0v) is 6.81. The number of alkyl halides is 4. The zero-order valence-electron chi connectivity index (χ0n) is 6.81. The molecular weight excluding hydrogens is 190 g/mol. The van der Waals surface area contributed by atoms with Crippen LogP contribution in [0.25, 0.3) is 0 Å². The van der Waals surface area contributed by atoms with Gasteiger partial charge in [0.25, 0.3) is 0 Å². The van der Waals surface area contributed by atoms with Gasteiger partial charge in [-0.2, -0.15) is 13.2 Å². The third-order valence-electron chi connectivity index (χ3n) is 2.52. The van der Waals surface area contributed by atoms with E-state index in [1.807, 2.05) is 0 Å². The molecule has 0 aliphatic heterocycles. The van der Waals surface area contributed by atoms with E-state index < -0.39 is 23.9 Å². The highest BCUT2D eigenvalue weighted by Crippen LogP contribution is 2.49. The highest BCUT2D eigenvalue weighted by Gasteiger charge is 2.59. The largest absolute Gasteiger partial charge is 0.420 e. The minimum absolute atomic E-state index is 0.204. The molecule has 1 atom stereocenters. The van der Waals surface area contributed by atoms with Crippen molar-refractivity contribution in [1.29, 1.82) is 0 Å². The van der Waals surface area contributed by atoms with Gasteiger partial charge in [-0.25, -0.2) is 4.39 Å². The van der Waals surface area contributed by atoms with Crippen molar-refractivity contribution in [3.8, 4) is 0 Å². The minimum atomic E-state index is -4.88. The minimum Gasteiger partial charge on any atom is -0.393 e. The van der Waals surface area contributed by atoms with Gasteiger partial charge in [-0.15, -0.1) is 0 Å². The Hall–Kier alpha value is -0.360. The van der Waals surface area contributed by atoms with E-state index in [2.05, 4.69) is 0 Å². The lowest BCUT2D eigenvalue weighted by Crippen LogP contribution is -2.56. The van der Waals surface area contributed by atoms with Crippen LogP contribution in [0.3, 0.4) is 0 Å². The first-order valence-corrected chi connectivity index (χ1v) is 3.91. The molecule has 0 aromatic rings. The Bertz CT molecular complexity index is 187. The Morgan fingerprint density at radius 1 is 1.46 bits per heavy atom. The Balaban J connectivity index is 2.68. The molecule has 0 spiro atoms. The number of halogens is 4. The summed E-state index contributed by atoms with van der Waals surface area (Å²) in [5.74, 6) is 0. The predicted octanol–water partition coefficient (Wildman–Crippen LogP) is 0.987. The molecule has 13 heavy (non-hydrogen) atoms. The highest BCUT2D eigenvalue weighted by molar-refractivity contribution is 5.01. The molecule has 78 valence electrons. The summed E-state index contributed by atoms with van der Waals surface area (Å²) >= 11 is 0. The van der Waals surface area contributed by atoms with Crippen LogP contribution in [0.1, 0.15) is 12.8 Å². The number of hydrogen-bond donors (Lipinski definition) is 2. The number of nitrogens with two attached hydrogens (primary N) is 1. The van der Waals surface area contributed by atoms with Crippen molar-refractivity contribution in [3.05, 3.63) is 0 Å². The first kappa shape index (κ1) is 10.7. The second kappa shape index (κ2) is 3.09. The molecule has 1 aliphatic carbocycles. The van der Waals surface area contributed by atoms with E-state index in [0.29, 0.717) is 0 Å². The molecule has 0 bridgehead atoms. The van der Waals surface area contributed by atoms with Crippen molar-refractivity contribution in [2.75, 3.05) is 6.54 Å². The molecule has 0 saturated heterocycles. The lowest BCUT2D eigenvalue weighted by molar-refractivity contribution is -0.236.